The van der Waals surface area contributed by atoms with Crippen LogP contribution in [0.2, 0.25) is 0 Å². The second-order valence-electron chi connectivity index (χ2n) is 30.6. The minimum Gasteiger partial charge on any atom is -0.462 e. The van der Waals surface area contributed by atoms with Gasteiger partial charge in [0, 0.05) is 25.7 Å². The maximum atomic E-state index is 13.1. The van der Waals surface area contributed by atoms with Gasteiger partial charge in [-0.25, -0.2) is 9.13 Å². The molecule has 0 rings (SSSR count). The van der Waals surface area contributed by atoms with E-state index in [2.05, 4.69) is 41.5 Å². The Morgan fingerprint density at radius 3 is 0.745 bits per heavy atom. The Balaban J connectivity index is 5.21. The summed E-state index contributed by atoms with van der Waals surface area (Å²) >= 11 is 0. The number of rotatable bonds is 82. The van der Waals surface area contributed by atoms with E-state index in [0.29, 0.717) is 31.6 Å². The van der Waals surface area contributed by atoms with E-state index in [1.165, 1.54) is 250 Å². The second kappa shape index (κ2) is 74.5. The molecule has 0 heterocycles. The number of aliphatic hydroxyl groups is 1. The first-order valence-electron chi connectivity index (χ1n) is 43.0. The van der Waals surface area contributed by atoms with Crippen LogP contribution in [-0.2, 0) is 65.4 Å². The summed E-state index contributed by atoms with van der Waals surface area (Å²) < 4.78 is 68.7. The lowest BCUT2D eigenvalue weighted by atomic mass is 9.99. The molecule has 6 atom stereocenters. The fraction of sp³-hybridized carbons (Fsp3) is 0.952. The maximum absolute atomic E-state index is 13.1. The van der Waals surface area contributed by atoms with Crippen LogP contribution in [0.5, 0.6) is 0 Å². The average Bonchev–Trinajstić information content (AvgIpc) is 0.934. The Bertz CT molecular complexity index is 1960. The summed E-state index contributed by atoms with van der Waals surface area (Å²) in [5.74, 6) is -0.627. The average molecular weight is 1490 g/mol. The molecule has 3 N–H and O–H groups in total. The van der Waals surface area contributed by atoms with E-state index in [9.17, 15) is 43.2 Å². The number of aliphatic hydroxyl groups excluding tert-OH is 1. The summed E-state index contributed by atoms with van der Waals surface area (Å²) in [4.78, 5) is 73.0. The first kappa shape index (κ1) is 100. The zero-order chi connectivity index (χ0) is 74.9. The van der Waals surface area contributed by atoms with Gasteiger partial charge in [-0.3, -0.25) is 37.3 Å². The van der Waals surface area contributed by atoms with Crippen molar-refractivity contribution >= 4 is 39.5 Å². The van der Waals surface area contributed by atoms with Gasteiger partial charge in [0.15, 0.2) is 12.2 Å². The van der Waals surface area contributed by atoms with E-state index >= 15 is 0 Å². The normalized spacial score (nSPS) is 14.1. The zero-order valence-corrected chi connectivity index (χ0v) is 68.7. The molecular weight excluding hydrogens is 1330 g/mol. The number of carbonyl (C=O) groups excluding carboxylic acids is 4. The van der Waals surface area contributed by atoms with E-state index in [1.54, 1.807) is 0 Å². The summed E-state index contributed by atoms with van der Waals surface area (Å²) in [5.41, 5.74) is 0. The molecule has 17 nitrogen and oxygen atoms in total. The number of phosphoric acid groups is 2. The Morgan fingerprint density at radius 2 is 0.500 bits per heavy atom. The van der Waals surface area contributed by atoms with Gasteiger partial charge in [-0.1, -0.05) is 388 Å². The first-order valence-corrected chi connectivity index (χ1v) is 46.0. The van der Waals surface area contributed by atoms with Gasteiger partial charge in [-0.15, -0.1) is 0 Å². The third-order valence-electron chi connectivity index (χ3n) is 19.8. The van der Waals surface area contributed by atoms with Crippen LogP contribution in [0.15, 0.2) is 0 Å². The Morgan fingerprint density at radius 1 is 0.284 bits per heavy atom. The van der Waals surface area contributed by atoms with Crippen molar-refractivity contribution in [3.8, 4) is 0 Å². The van der Waals surface area contributed by atoms with Crippen molar-refractivity contribution in [2.75, 3.05) is 39.6 Å². The Labute approximate surface area is 626 Å². The Hall–Kier alpha value is -1.94. The molecule has 0 aliphatic rings. The third-order valence-corrected chi connectivity index (χ3v) is 21.7. The fourth-order valence-electron chi connectivity index (χ4n) is 12.9. The molecule has 606 valence electrons. The van der Waals surface area contributed by atoms with Gasteiger partial charge >= 0.3 is 39.5 Å². The lowest BCUT2D eigenvalue weighted by molar-refractivity contribution is -0.161. The number of ether oxygens (including phenoxy) is 4. The van der Waals surface area contributed by atoms with E-state index in [-0.39, 0.29) is 25.7 Å². The minimum atomic E-state index is -4.96. The van der Waals surface area contributed by atoms with Crippen LogP contribution in [0.1, 0.15) is 440 Å². The van der Waals surface area contributed by atoms with Crippen LogP contribution in [-0.4, -0.2) is 96.7 Å². The molecule has 19 heteroatoms. The van der Waals surface area contributed by atoms with Crippen LogP contribution in [0, 0.1) is 11.8 Å². The molecular formula is C83H162O17P2. The quantitative estimate of drug-likeness (QED) is 0.0222. The molecule has 0 aliphatic heterocycles. The predicted molar refractivity (Wildman–Crippen MR) is 418 cm³/mol. The zero-order valence-electron chi connectivity index (χ0n) is 66.9. The third kappa shape index (κ3) is 74.9. The molecule has 102 heavy (non-hydrogen) atoms. The fourth-order valence-corrected chi connectivity index (χ4v) is 14.4. The smallest absolute Gasteiger partial charge is 0.462 e. The molecule has 0 aromatic rings. The highest BCUT2D eigenvalue weighted by atomic mass is 31.2. The van der Waals surface area contributed by atoms with Crippen molar-refractivity contribution in [3.63, 3.8) is 0 Å². The summed E-state index contributed by atoms with van der Waals surface area (Å²) in [6.07, 6.45) is 65.5. The summed E-state index contributed by atoms with van der Waals surface area (Å²) in [7, 11) is -9.92. The van der Waals surface area contributed by atoms with Crippen LogP contribution in [0.3, 0.4) is 0 Å². The largest absolute Gasteiger partial charge is 0.472 e. The Kier molecular flexibility index (Phi) is 73.1. The topological polar surface area (TPSA) is 237 Å². The SMILES string of the molecule is CCCCCCCCCCCCCCCCCCCCCCC(=O)O[C@H](COC(=O)CCCCCCCCCCCCCCCCCCCCC)COP(=O)(O)OC[C@@H](O)COP(=O)(O)OC[C@@H](COC(=O)CCCCCCCCC(C)C)OC(=O)CCCCCCCCCCCCC(C)CC. The van der Waals surface area contributed by atoms with Crippen LogP contribution < -0.4 is 0 Å². The summed E-state index contributed by atoms with van der Waals surface area (Å²) in [5, 5.41) is 10.6. The second-order valence-corrected chi connectivity index (χ2v) is 33.5. The molecule has 0 saturated carbocycles. The van der Waals surface area contributed by atoms with Gasteiger partial charge in [0.05, 0.1) is 26.4 Å². The lowest BCUT2D eigenvalue weighted by Gasteiger charge is -2.21. The van der Waals surface area contributed by atoms with E-state index in [0.717, 1.165) is 102 Å². The monoisotopic (exact) mass is 1490 g/mol. The molecule has 0 bridgehead atoms. The standard InChI is InChI=1S/C83H162O17P2/c1-7-10-12-14-16-18-20-22-24-26-28-30-32-34-36-38-43-47-55-61-67-82(87)99-78(71-93-80(85)65-59-53-46-42-37-35-33-31-29-27-25-23-21-19-17-15-13-11-8-2)73-97-101(89,90)95-69-77(84)70-96-102(91,92)98-74-79(72-94-81(86)66-60-54-50-49-51-57-63-75(4)5)100-83(88)68-62-56-48-44-40-39-41-45-52-58-64-76(6)9-3/h75-79,84H,7-74H2,1-6H3,(H,89,90)(H,91,92)/t76?,77-,78-,79-/m1/s1. The van der Waals surface area contributed by atoms with Crippen LogP contribution in [0.4, 0.5) is 0 Å². The van der Waals surface area contributed by atoms with E-state index < -0.39 is 97.5 Å². The molecule has 3 unspecified atom stereocenters. The lowest BCUT2D eigenvalue weighted by Crippen LogP contribution is -2.30. The molecule has 0 aromatic heterocycles. The number of hydrogen-bond donors (Lipinski definition) is 3. The van der Waals surface area contributed by atoms with Crippen molar-refractivity contribution in [2.24, 2.45) is 11.8 Å². The van der Waals surface area contributed by atoms with Crippen molar-refractivity contribution in [2.45, 2.75) is 458 Å². The highest BCUT2D eigenvalue weighted by Crippen LogP contribution is 2.45. The van der Waals surface area contributed by atoms with E-state index in [4.69, 9.17) is 37.0 Å². The predicted octanol–water partition coefficient (Wildman–Crippen LogP) is 25.1. The first-order chi connectivity index (χ1) is 49.4. The van der Waals surface area contributed by atoms with Gasteiger partial charge in [0.25, 0.3) is 0 Å². The number of esters is 4. The maximum Gasteiger partial charge on any atom is 0.472 e. The highest BCUT2D eigenvalue weighted by Gasteiger charge is 2.30. The molecule has 0 radical (unpaired) electrons. The molecule has 0 saturated heterocycles. The summed E-state index contributed by atoms with van der Waals surface area (Å²) in [6.45, 7) is 9.58. The minimum absolute atomic E-state index is 0.105. The molecule has 0 fully saturated rings. The van der Waals surface area contributed by atoms with Crippen LogP contribution in [0.25, 0.3) is 0 Å². The van der Waals surface area contributed by atoms with Crippen LogP contribution >= 0.6 is 15.6 Å². The molecule has 0 aromatic carbocycles. The number of hydrogen-bond acceptors (Lipinski definition) is 15. The van der Waals surface area contributed by atoms with Gasteiger partial charge in [0.1, 0.15) is 19.3 Å². The van der Waals surface area contributed by atoms with Crippen molar-refractivity contribution < 1.29 is 80.2 Å². The highest BCUT2D eigenvalue weighted by molar-refractivity contribution is 7.47. The van der Waals surface area contributed by atoms with Crippen molar-refractivity contribution in [1.82, 2.24) is 0 Å². The molecule has 0 spiro atoms. The van der Waals surface area contributed by atoms with Gasteiger partial charge < -0.3 is 33.8 Å². The summed E-state index contributed by atoms with van der Waals surface area (Å²) in [6, 6.07) is 0. The van der Waals surface area contributed by atoms with Gasteiger partial charge in [-0.2, -0.15) is 0 Å². The van der Waals surface area contributed by atoms with Crippen molar-refractivity contribution in [1.29, 1.82) is 0 Å². The number of carbonyl (C=O) groups is 4. The van der Waals surface area contributed by atoms with Gasteiger partial charge in [-0.05, 0) is 37.5 Å². The number of phosphoric ester groups is 2. The molecule has 0 amide bonds. The molecule has 0 aliphatic carbocycles. The van der Waals surface area contributed by atoms with Gasteiger partial charge in [0.2, 0.25) is 0 Å². The number of unbranched alkanes of at least 4 members (excludes halogenated alkanes) is 51. The van der Waals surface area contributed by atoms with E-state index in [1.807, 2.05) is 0 Å². The van der Waals surface area contributed by atoms with Crippen molar-refractivity contribution in [3.05, 3.63) is 0 Å².